The highest BCUT2D eigenvalue weighted by Gasteiger charge is 2.07. The van der Waals surface area contributed by atoms with Crippen LogP contribution in [0.1, 0.15) is 11.1 Å². The lowest BCUT2D eigenvalue weighted by atomic mass is 10.1. The Balaban J connectivity index is 0.00000128. The van der Waals surface area contributed by atoms with E-state index < -0.39 is 0 Å². The van der Waals surface area contributed by atoms with Crippen molar-refractivity contribution in [3.05, 3.63) is 52.8 Å². The lowest BCUT2D eigenvalue weighted by Gasteiger charge is -2.17. The number of nitrogens with zero attached hydrogens (tertiary/aromatic N) is 2. The summed E-state index contributed by atoms with van der Waals surface area (Å²) in [5.41, 5.74) is 2.00. The molecule has 16 heavy (non-hydrogen) atoms. The Hall–Kier alpha value is -1.67. The Morgan fingerprint density at radius 2 is 2.25 bits per heavy atom. The number of nitrogens with one attached hydrogen (secondary N) is 1. The van der Waals surface area contributed by atoms with Crippen LogP contribution in [0.3, 0.4) is 0 Å². The standard InChI is InChI=1S/C11H9N3O.ClH/c12-8-9-3-1-4-10(7-9)11-5-2-6-14(15)13-11;/h1-5,7,14H,6H2;1H. The van der Waals surface area contributed by atoms with E-state index in [0.29, 0.717) is 17.8 Å². The van der Waals surface area contributed by atoms with Crippen molar-refractivity contribution in [2.45, 2.75) is 0 Å². The zero-order chi connectivity index (χ0) is 10.7. The number of hydrogen-bond donors (Lipinski definition) is 1. The first-order valence-corrected chi connectivity index (χ1v) is 4.58. The molecule has 2 rings (SSSR count). The minimum Gasteiger partial charge on any atom is -0.606 e. The third kappa shape index (κ3) is 2.67. The molecule has 1 aromatic carbocycles. The van der Waals surface area contributed by atoms with Crippen LogP contribution in [0.2, 0.25) is 0 Å². The lowest BCUT2D eigenvalue weighted by molar-refractivity contribution is -0.849. The number of benzene rings is 1. The Labute approximate surface area is 99.5 Å². The van der Waals surface area contributed by atoms with Crippen molar-refractivity contribution < 1.29 is 5.17 Å². The molecular weight excluding hydrogens is 226 g/mol. The first-order valence-electron chi connectivity index (χ1n) is 4.58. The minimum atomic E-state index is -0.144. The molecule has 0 bridgehead atoms. The van der Waals surface area contributed by atoms with E-state index >= 15 is 0 Å². The number of hydrogen-bond acceptors (Lipinski definition) is 3. The molecule has 0 amide bonds. The average molecular weight is 236 g/mol. The smallest absolute Gasteiger partial charge is 0.126 e. The van der Waals surface area contributed by atoms with Gasteiger partial charge in [0.15, 0.2) is 0 Å². The Bertz CT molecular complexity index is 476. The van der Waals surface area contributed by atoms with Crippen LogP contribution in [0.15, 0.2) is 41.5 Å². The van der Waals surface area contributed by atoms with E-state index in [1.54, 1.807) is 30.4 Å². The number of rotatable bonds is 1. The molecular formula is C11H10ClN3O. The predicted octanol–water partition coefficient (Wildman–Crippen LogP) is 0.637. The van der Waals surface area contributed by atoms with Crippen LogP contribution in [0.4, 0.5) is 0 Å². The second-order valence-electron chi connectivity index (χ2n) is 3.19. The van der Waals surface area contributed by atoms with Gasteiger partial charge in [0.1, 0.15) is 12.3 Å². The maximum Gasteiger partial charge on any atom is 0.126 e. The van der Waals surface area contributed by atoms with Gasteiger partial charge in [0.25, 0.3) is 0 Å². The summed E-state index contributed by atoms with van der Waals surface area (Å²) in [5, 5.41) is 23.6. The van der Waals surface area contributed by atoms with Crippen molar-refractivity contribution in [1.82, 2.24) is 0 Å². The zero-order valence-electron chi connectivity index (χ0n) is 8.38. The number of quaternary nitrogens is 1. The van der Waals surface area contributed by atoms with Gasteiger partial charge in [0.2, 0.25) is 0 Å². The molecule has 0 aromatic heterocycles. The highest BCUT2D eigenvalue weighted by Crippen LogP contribution is 2.06. The maximum absolute atomic E-state index is 11.1. The fourth-order valence-electron chi connectivity index (χ4n) is 1.40. The van der Waals surface area contributed by atoms with Gasteiger partial charge in [-0.2, -0.15) is 5.26 Å². The Kier molecular flexibility index (Phi) is 4.20. The largest absolute Gasteiger partial charge is 0.606 e. The summed E-state index contributed by atoms with van der Waals surface area (Å²) in [6.07, 6.45) is 3.58. The van der Waals surface area contributed by atoms with Gasteiger partial charge in [-0.05, 0) is 24.3 Å². The van der Waals surface area contributed by atoms with Crippen molar-refractivity contribution in [3.63, 3.8) is 0 Å². The molecule has 4 nitrogen and oxygen atoms in total. The predicted molar refractivity (Wildman–Crippen MR) is 63.3 cm³/mol. The van der Waals surface area contributed by atoms with Gasteiger partial charge >= 0.3 is 0 Å². The second-order valence-corrected chi connectivity index (χ2v) is 3.19. The quantitative estimate of drug-likeness (QED) is 0.726. The topological polar surface area (TPSA) is 63.6 Å². The molecule has 1 unspecified atom stereocenters. The van der Waals surface area contributed by atoms with E-state index in [1.807, 2.05) is 6.07 Å². The number of nitriles is 1. The summed E-state index contributed by atoms with van der Waals surface area (Å²) < 4.78 is 0. The molecule has 0 radical (unpaired) electrons. The molecule has 1 aliphatic heterocycles. The van der Waals surface area contributed by atoms with E-state index in [0.717, 1.165) is 5.56 Å². The third-order valence-electron chi connectivity index (χ3n) is 2.10. The molecule has 1 atom stereocenters. The van der Waals surface area contributed by atoms with Gasteiger partial charge < -0.3 is 5.21 Å². The van der Waals surface area contributed by atoms with E-state index in [2.05, 4.69) is 11.2 Å². The van der Waals surface area contributed by atoms with Crippen molar-refractivity contribution >= 4 is 18.1 Å². The van der Waals surface area contributed by atoms with E-state index in [-0.39, 0.29) is 17.6 Å². The number of halogens is 1. The Morgan fingerprint density at radius 1 is 1.44 bits per heavy atom. The fraction of sp³-hybridized carbons (Fsp3) is 0.0909. The zero-order valence-corrected chi connectivity index (χ0v) is 9.20. The van der Waals surface area contributed by atoms with Crippen LogP contribution in [-0.4, -0.2) is 12.3 Å². The summed E-state index contributed by atoms with van der Waals surface area (Å²) in [4.78, 5) is 0. The molecule has 0 saturated heterocycles. The lowest BCUT2D eigenvalue weighted by Crippen LogP contribution is -3.02. The van der Waals surface area contributed by atoms with Gasteiger partial charge in [-0.1, -0.05) is 17.2 Å². The summed E-state index contributed by atoms with van der Waals surface area (Å²) in [5.74, 6) is 0. The molecule has 0 spiro atoms. The maximum atomic E-state index is 11.1. The molecule has 1 aliphatic rings. The highest BCUT2D eigenvalue weighted by molar-refractivity contribution is 6.08. The van der Waals surface area contributed by atoms with Crippen LogP contribution >= 0.6 is 12.4 Å². The third-order valence-corrected chi connectivity index (χ3v) is 2.10. The van der Waals surface area contributed by atoms with Crippen molar-refractivity contribution in [2.24, 2.45) is 5.10 Å². The van der Waals surface area contributed by atoms with E-state index in [4.69, 9.17) is 5.26 Å². The highest BCUT2D eigenvalue weighted by atomic mass is 35.5. The monoisotopic (exact) mass is 235 g/mol. The SMILES string of the molecule is Cl.N#Cc1cccc(C2=N[NH+]([O-])CC=C2)c1. The van der Waals surface area contributed by atoms with E-state index in [9.17, 15) is 5.21 Å². The molecule has 1 aromatic rings. The summed E-state index contributed by atoms with van der Waals surface area (Å²) in [6, 6.07) is 9.12. The molecule has 0 fully saturated rings. The Morgan fingerprint density at radius 3 is 2.94 bits per heavy atom. The molecule has 5 heteroatoms. The second kappa shape index (κ2) is 5.42. The average Bonchev–Trinajstić information content (AvgIpc) is 2.29. The van der Waals surface area contributed by atoms with Crippen LogP contribution in [0.5, 0.6) is 0 Å². The first kappa shape index (κ1) is 12.4. The summed E-state index contributed by atoms with van der Waals surface area (Å²) in [7, 11) is 0. The van der Waals surface area contributed by atoms with E-state index in [1.165, 1.54) is 0 Å². The first-order chi connectivity index (χ1) is 7.29. The van der Waals surface area contributed by atoms with Gasteiger partial charge in [-0.3, -0.25) is 0 Å². The van der Waals surface area contributed by atoms with Gasteiger partial charge in [0, 0.05) is 5.56 Å². The van der Waals surface area contributed by atoms with Crippen molar-refractivity contribution in [2.75, 3.05) is 6.54 Å². The van der Waals surface area contributed by atoms with Crippen LogP contribution in [0, 0.1) is 16.5 Å². The van der Waals surface area contributed by atoms with Crippen LogP contribution < -0.4 is 5.17 Å². The van der Waals surface area contributed by atoms with Gasteiger partial charge in [0.05, 0.1) is 11.6 Å². The number of hydroxylamine groups is 1. The van der Waals surface area contributed by atoms with Gasteiger partial charge in [-0.15, -0.1) is 12.4 Å². The normalized spacial score (nSPS) is 18.2. The van der Waals surface area contributed by atoms with Crippen LogP contribution in [0.25, 0.3) is 0 Å². The molecule has 82 valence electrons. The van der Waals surface area contributed by atoms with Crippen LogP contribution in [-0.2, 0) is 0 Å². The number of allylic oxidation sites excluding steroid dienone is 1. The molecule has 0 saturated carbocycles. The molecule has 0 aliphatic carbocycles. The van der Waals surface area contributed by atoms with Crippen molar-refractivity contribution in [3.8, 4) is 6.07 Å². The molecule has 1 heterocycles. The summed E-state index contributed by atoms with van der Waals surface area (Å²) >= 11 is 0. The fourth-order valence-corrected chi connectivity index (χ4v) is 1.40. The molecule has 1 N–H and O–H groups in total. The van der Waals surface area contributed by atoms with Gasteiger partial charge in [-0.25, -0.2) is 5.17 Å². The van der Waals surface area contributed by atoms with Crippen molar-refractivity contribution in [1.29, 1.82) is 5.26 Å². The summed E-state index contributed by atoms with van der Waals surface area (Å²) in [6.45, 7) is 0.363. The minimum absolute atomic E-state index is 0.